The summed E-state index contributed by atoms with van der Waals surface area (Å²) in [6.07, 6.45) is 2.44. The maximum absolute atomic E-state index is 11.9. The first kappa shape index (κ1) is 33.2. The zero-order valence-corrected chi connectivity index (χ0v) is 21.5. The SMILES string of the molecule is CN(C)C(=O)CC1CCC2(CC1)CCN(Cc1cnn(C)c1)CC2.O=C(O)C(F)(F)F.O=C(O)C(F)(F)F. The van der Waals surface area contributed by atoms with Crippen molar-refractivity contribution in [3.05, 3.63) is 18.0 Å². The van der Waals surface area contributed by atoms with Crippen LogP contribution in [0.25, 0.3) is 0 Å². The monoisotopic (exact) mass is 560 g/mol. The van der Waals surface area contributed by atoms with E-state index in [2.05, 4.69) is 16.2 Å². The number of carbonyl (C=O) groups is 3. The van der Waals surface area contributed by atoms with Crippen molar-refractivity contribution < 1.29 is 50.9 Å². The zero-order chi connectivity index (χ0) is 29.3. The van der Waals surface area contributed by atoms with E-state index in [-0.39, 0.29) is 0 Å². The summed E-state index contributed by atoms with van der Waals surface area (Å²) in [4.78, 5) is 34.0. The number of piperidine rings is 1. The molecule has 1 amide bonds. The summed E-state index contributed by atoms with van der Waals surface area (Å²) in [6, 6.07) is 0. The second kappa shape index (κ2) is 13.8. The minimum absolute atomic E-state index is 0.294. The number of rotatable bonds is 4. The second-order valence-electron chi connectivity index (χ2n) is 9.84. The number of amides is 1. The number of carboxylic acid groups (broad SMARTS) is 2. The molecule has 1 aliphatic carbocycles. The van der Waals surface area contributed by atoms with Crippen LogP contribution in [0, 0.1) is 11.3 Å². The number of halogens is 6. The molecule has 218 valence electrons. The number of aryl methyl sites for hydroxylation is 1. The van der Waals surface area contributed by atoms with E-state index in [0.29, 0.717) is 17.2 Å². The highest BCUT2D eigenvalue weighted by Crippen LogP contribution is 2.47. The summed E-state index contributed by atoms with van der Waals surface area (Å²) in [7, 11) is 5.71. The van der Waals surface area contributed by atoms with Crippen molar-refractivity contribution in [3.8, 4) is 0 Å². The number of carboxylic acids is 2. The van der Waals surface area contributed by atoms with Crippen LogP contribution in [0.15, 0.2) is 12.4 Å². The van der Waals surface area contributed by atoms with E-state index in [1.54, 1.807) is 4.90 Å². The molecule has 0 radical (unpaired) electrons. The van der Waals surface area contributed by atoms with E-state index in [4.69, 9.17) is 19.8 Å². The highest BCUT2D eigenvalue weighted by Gasteiger charge is 2.39. The van der Waals surface area contributed by atoms with Gasteiger partial charge in [0.05, 0.1) is 6.20 Å². The zero-order valence-electron chi connectivity index (χ0n) is 21.5. The fourth-order valence-corrected chi connectivity index (χ4v) is 4.42. The quantitative estimate of drug-likeness (QED) is 0.536. The van der Waals surface area contributed by atoms with Crippen molar-refractivity contribution >= 4 is 17.8 Å². The number of likely N-dealkylation sites (tertiary alicyclic amines) is 1. The Kier molecular flexibility index (Phi) is 12.1. The Hall–Kier alpha value is -2.84. The predicted molar refractivity (Wildman–Crippen MR) is 123 cm³/mol. The van der Waals surface area contributed by atoms with Gasteiger partial charge in [0.1, 0.15) is 0 Å². The molecular formula is C23H34F6N4O5. The Bertz CT molecular complexity index is 890. The molecule has 2 heterocycles. The number of carbonyl (C=O) groups excluding carboxylic acids is 1. The number of hydrogen-bond acceptors (Lipinski definition) is 5. The number of aliphatic carboxylic acids is 2. The molecule has 38 heavy (non-hydrogen) atoms. The minimum Gasteiger partial charge on any atom is -0.475 e. The number of aromatic nitrogens is 2. The fourth-order valence-electron chi connectivity index (χ4n) is 4.42. The van der Waals surface area contributed by atoms with Gasteiger partial charge in [-0.25, -0.2) is 9.59 Å². The summed E-state index contributed by atoms with van der Waals surface area (Å²) in [6.45, 7) is 3.44. The lowest BCUT2D eigenvalue weighted by atomic mass is 9.65. The van der Waals surface area contributed by atoms with Gasteiger partial charge < -0.3 is 15.1 Å². The topological polar surface area (TPSA) is 116 Å². The maximum Gasteiger partial charge on any atom is 0.490 e. The molecular weight excluding hydrogens is 526 g/mol. The van der Waals surface area contributed by atoms with Gasteiger partial charge in [0.2, 0.25) is 5.91 Å². The van der Waals surface area contributed by atoms with Crippen molar-refractivity contribution in [2.45, 2.75) is 63.8 Å². The van der Waals surface area contributed by atoms with Crippen LogP contribution >= 0.6 is 0 Å². The lowest BCUT2D eigenvalue weighted by Crippen LogP contribution is -2.41. The molecule has 1 aromatic rings. The van der Waals surface area contributed by atoms with Gasteiger partial charge in [-0.05, 0) is 62.9 Å². The Morgan fingerprint density at radius 1 is 0.974 bits per heavy atom. The Balaban J connectivity index is 0.000000426. The second-order valence-corrected chi connectivity index (χ2v) is 9.84. The van der Waals surface area contributed by atoms with Crippen LogP contribution in [-0.4, -0.2) is 87.2 Å². The van der Waals surface area contributed by atoms with Gasteiger partial charge in [0, 0.05) is 45.9 Å². The third kappa shape index (κ3) is 11.7. The average Bonchev–Trinajstić information content (AvgIpc) is 3.21. The third-order valence-electron chi connectivity index (χ3n) is 6.69. The predicted octanol–water partition coefficient (Wildman–Crippen LogP) is 3.94. The summed E-state index contributed by atoms with van der Waals surface area (Å²) < 4.78 is 65.4. The van der Waals surface area contributed by atoms with Crippen LogP contribution in [0.5, 0.6) is 0 Å². The van der Waals surface area contributed by atoms with Crippen LogP contribution in [0.4, 0.5) is 26.3 Å². The molecule has 3 rings (SSSR count). The van der Waals surface area contributed by atoms with Crippen molar-refractivity contribution in [3.63, 3.8) is 0 Å². The van der Waals surface area contributed by atoms with Gasteiger partial charge in [0.15, 0.2) is 0 Å². The highest BCUT2D eigenvalue weighted by molar-refractivity contribution is 5.75. The van der Waals surface area contributed by atoms with Crippen molar-refractivity contribution in [1.82, 2.24) is 19.6 Å². The number of nitrogens with zero attached hydrogens (tertiary/aromatic N) is 4. The van der Waals surface area contributed by atoms with Crippen LogP contribution in [-0.2, 0) is 28.0 Å². The Labute approximate surface area is 216 Å². The lowest BCUT2D eigenvalue weighted by Gasteiger charge is -2.46. The molecule has 0 atom stereocenters. The first-order chi connectivity index (χ1) is 17.3. The van der Waals surface area contributed by atoms with E-state index in [0.717, 1.165) is 13.0 Å². The smallest absolute Gasteiger partial charge is 0.475 e. The molecule has 2 aliphatic rings. The van der Waals surface area contributed by atoms with Gasteiger partial charge >= 0.3 is 24.3 Å². The molecule has 2 N–H and O–H groups in total. The van der Waals surface area contributed by atoms with E-state index >= 15 is 0 Å². The van der Waals surface area contributed by atoms with Gasteiger partial charge in [-0.3, -0.25) is 14.4 Å². The molecule has 1 aromatic heterocycles. The Morgan fingerprint density at radius 3 is 1.76 bits per heavy atom. The van der Waals surface area contributed by atoms with Crippen molar-refractivity contribution in [1.29, 1.82) is 0 Å². The normalized spacial score (nSPS) is 18.0. The molecule has 1 saturated heterocycles. The highest BCUT2D eigenvalue weighted by atomic mass is 19.4. The molecule has 0 bridgehead atoms. The molecule has 1 saturated carbocycles. The summed E-state index contributed by atoms with van der Waals surface area (Å²) in [5.74, 6) is -4.61. The first-order valence-electron chi connectivity index (χ1n) is 11.8. The van der Waals surface area contributed by atoms with E-state index < -0.39 is 24.3 Å². The molecule has 15 heteroatoms. The molecule has 1 aliphatic heterocycles. The van der Waals surface area contributed by atoms with Gasteiger partial charge in [-0.15, -0.1) is 0 Å². The Morgan fingerprint density at radius 2 is 1.42 bits per heavy atom. The average molecular weight is 561 g/mol. The standard InChI is InChI=1S/C19H32N4O.2C2HF3O2/c1-21(2)18(24)12-16-4-6-19(7-5-16)8-10-23(11-9-19)15-17-13-20-22(3)14-17;2*3-2(4,5)1(6)7/h13-14,16H,4-12,15H2,1-3H3;2*(H,6,7). The van der Waals surface area contributed by atoms with E-state index in [1.165, 1.54) is 57.2 Å². The van der Waals surface area contributed by atoms with Gasteiger partial charge in [0.25, 0.3) is 0 Å². The van der Waals surface area contributed by atoms with Gasteiger partial charge in [-0.1, -0.05) is 0 Å². The molecule has 0 unspecified atom stereocenters. The van der Waals surface area contributed by atoms with Crippen molar-refractivity contribution in [2.24, 2.45) is 18.4 Å². The maximum atomic E-state index is 11.9. The minimum atomic E-state index is -5.08. The summed E-state index contributed by atoms with van der Waals surface area (Å²) in [5.41, 5.74) is 1.88. The molecule has 0 aromatic carbocycles. The van der Waals surface area contributed by atoms with Crippen LogP contribution in [0.1, 0.15) is 50.5 Å². The van der Waals surface area contributed by atoms with Crippen LogP contribution in [0.2, 0.25) is 0 Å². The third-order valence-corrected chi connectivity index (χ3v) is 6.69. The van der Waals surface area contributed by atoms with Gasteiger partial charge in [-0.2, -0.15) is 31.4 Å². The van der Waals surface area contributed by atoms with Crippen molar-refractivity contribution in [2.75, 3.05) is 27.2 Å². The largest absolute Gasteiger partial charge is 0.490 e. The summed E-state index contributed by atoms with van der Waals surface area (Å²) in [5, 5.41) is 18.5. The number of alkyl halides is 6. The first-order valence-corrected chi connectivity index (χ1v) is 11.8. The summed E-state index contributed by atoms with van der Waals surface area (Å²) >= 11 is 0. The molecule has 1 spiro atoms. The number of hydrogen-bond donors (Lipinski definition) is 2. The van der Waals surface area contributed by atoms with Crippen LogP contribution in [0.3, 0.4) is 0 Å². The molecule has 9 nitrogen and oxygen atoms in total. The lowest BCUT2D eigenvalue weighted by molar-refractivity contribution is -0.193. The fraction of sp³-hybridized carbons (Fsp3) is 0.739. The van der Waals surface area contributed by atoms with E-state index in [1.807, 2.05) is 32.0 Å². The molecule has 2 fully saturated rings. The van der Waals surface area contributed by atoms with Crippen LogP contribution < -0.4 is 0 Å². The van der Waals surface area contributed by atoms with E-state index in [9.17, 15) is 31.1 Å².